The third-order valence-electron chi connectivity index (χ3n) is 3.18. The first-order valence-electron chi connectivity index (χ1n) is 6.42. The Morgan fingerprint density at radius 1 is 1.10 bits per heavy atom. The molecule has 6 heteroatoms. The fraction of sp³-hybridized carbons (Fsp3) is 0.0667. The number of sulfonamides is 1. The van der Waals surface area contributed by atoms with Crippen LogP contribution in [0.4, 0.5) is 5.69 Å². The fourth-order valence-corrected chi connectivity index (χ4v) is 3.34. The zero-order valence-corrected chi connectivity index (χ0v) is 12.2. The molecule has 2 aromatic carbocycles. The van der Waals surface area contributed by atoms with Gasteiger partial charge in [0, 0.05) is 22.3 Å². The second kappa shape index (κ2) is 4.97. The van der Waals surface area contributed by atoms with Crippen molar-refractivity contribution in [2.45, 2.75) is 11.8 Å². The maximum atomic E-state index is 12.3. The van der Waals surface area contributed by atoms with Gasteiger partial charge in [0.1, 0.15) is 7.85 Å². The number of hydrogen-bond acceptors (Lipinski definition) is 2. The van der Waals surface area contributed by atoms with E-state index in [1.807, 2.05) is 19.1 Å². The van der Waals surface area contributed by atoms with Gasteiger partial charge < -0.3 is 4.98 Å². The molecule has 0 atom stereocenters. The van der Waals surface area contributed by atoms with Crippen molar-refractivity contribution in [3.05, 3.63) is 54.2 Å². The molecular weight excluding hydrogens is 283 g/mol. The average molecular weight is 296 g/mol. The smallest absolute Gasteiger partial charge is 0.261 e. The van der Waals surface area contributed by atoms with Crippen molar-refractivity contribution in [3.8, 4) is 0 Å². The second-order valence-corrected chi connectivity index (χ2v) is 6.61. The molecule has 1 heterocycles. The molecule has 3 aromatic rings. The number of rotatable bonds is 3. The zero-order valence-electron chi connectivity index (χ0n) is 11.4. The molecule has 21 heavy (non-hydrogen) atoms. The summed E-state index contributed by atoms with van der Waals surface area (Å²) in [7, 11) is 1.99. The van der Waals surface area contributed by atoms with Crippen LogP contribution < -0.4 is 10.2 Å². The number of nitrogens with one attached hydrogen (secondary N) is 2. The Bertz CT molecular complexity index is 916. The molecule has 104 valence electrons. The van der Waals surface area contributed by atoms with Crippen molar-refractivity contribution in [1.82, 2.24) is 4.98 Å². The molecule has 0 amide bonds. The third kappa shape index (κ3) is 2.80. The zero-order chi connectivity index (χ0) is 15.0. The van der Waals surface area contributed by atoms with Crippen molar-refractivity contribution >= 4 is 39.9 Å². The van der Waals surface area contributed by atoms with Gasteiger partial charge in [0.15, 0.2) is 0 Å². The van der Waals surface area contributed by atoms with Crippen LogP contribution in [0.3, 0.4) is 0 Å². The Morgan fingerprint density at radius 3 is 2.67 bits per heavy atom. The van der Waals surface area contributed by atoms with Crippen LogP contribution in [0.2, 0.25) is 0 Å². The highest BCUT2D eigenvalue weighted by molar-refractivity contribution is 7.92. The SMILES string of the molecule is [B]c1cccc(S(=O)(=O)Nc2ccc3[nH]c(C)cc3c2)c1. The Kier molecular flexibility index (Phi) is 3.25. The molecule has 2 N–H and O–H groups in total. The maximum Gasteiger partial charge on any atom is 0.261 e. The largest absolute Gasteiger partial charge is 0.359 e. The Hall–Kier alpha value is -2.21. The molecule has 0 spiro atoms. The van der Waals surface area contributed by atoms with E-state index in [0.717, 1.165) is 16.6 Å². The lowest BCUT2D eigenvalue weighted by Gasteiger charge is -2.09. The predicted octanol–water partition coefficient (Wildman–Crippen LogP) is 2.07. The van der Waals surface area contributed by atoms with E-state index in [1.54, 1.807) is 24.3 Å². The van der Waals surface area contributed by atoms with E-state index in [9.17, 15) is 8.42 Å². The van der Waals surface area contributed by atoms with E-state index in [-0.39, 0.29) is 4.90 Å². The van der Waals surface area contributed by atoms with E-state index in [1.165, 1.54) is 12.1 Å². The minimum Gasteiger partial charge on any atom is -0.359 e. The molecule has 1 aromatic heterocycles. The molecule has 0 aliphatic carbocycles. The summed E-state index contributed by atoms with van der Waals surface area (Å²) in [6.45, 7) is 1.95. The van der Waals surface area contributed by atoms with Crippen molar-refractivity contribution in [3.63, 3.8) is 0 Å². The van der Waals surface area contributed by atoms with Gasteiger partial charge in [-0.2, -0.15) is 0 Å². The summed E-state index contributed by atoms with van der Waals surface area (Å²) in [4.78, 5) is 3.34. The van der Waals surface area contributed by atoms with Gasteiger partial charge in [-0.1, -0.05) is 17.6 Å². The minimum atomic E-state index is -3.64. The summed E-state index contributed by atoms with van der Waals surface area (Å²) < 4.78 is 27.2. The first kappa shape index (κ1) is 13.8. The number of anilines is 1. The van der Waals surface area contributed by atoms with Crippen molar-refractivity contribution in [2.75, 3.05) is 4.72 Å². The number of aromatic nitrogens is 1. The Morgan fingerprint density at radius 2 is 1.90 bits per heavy atom. The molecule has 0 fully saturated rings. The van der Waals surface area contributed by atoms with Crippen LogP contribution >= 0.6 is 0 Å². The van der Waals surface area contributed by atoms with Gasteiger partial charge in [-0.05, 0) is 43.3 Å². The summed E-state index contributed by atoms with van der Waals surface area (Å²) >= 11 is 0. The molecular formula is C15H13BN2O2S. The highest BCUT2D eigenvalue weighted by Gasteiger charge is 2.14. The van der Waals surface area contributed by atoms with Crippen LogP contribution in [0, 0.1) is 6.92 Å². The molecule has 3 rings (SSSR count). The molecule has 4 nitrogen and oxygen atoms in total. The maximum absolute atomic E-state index is 12.3. The molecule has 2 radical (unpaired) electrons. The lowest BCUT2D eigenvalue weighted by atomic mass is 9.97. The van der Waals surface area contributed by atoms with E-state index in [4.69, 9.17) is 7.85 Å². The molecule has 0 bridgehead atoms. The summed E-state index contributed by atoms with van der Waals surface area (Å²) in [5.41, 5.74) is 2.93. The van der Waals surface area contributed by atoms with Gasteiger partial charge in [-0.3, -0.25) is 4.72 Å². The van der Waals surface area contributed by atoms with Crippen LogP contribution in [-0.4, -0.2) is 21.2 Å². The van der Waals surface area contributed by atoms with Crippen LogP contribution in [0.15, 0.2) is 53.4 Å². The monoisotopic (exact) mass is 296 g/mol. The standard InChI is InChI=1S/C15H13BN2O2S/c1-10-7-11-8-13(5-6-15(11)17-10)18-21(19,20)14-4-2-3-12(16)9-14/h2-9,17-18H,1H3. The predicted molar refractivity (Wildman–Crippen MR) is 85.7 cm³/mol. The highest BCUT2D eigenvalue weighted by Crippen LogP contribution is 2.22. The van der Waals surface area contributed by atoms with Gasteiger partial charge in [-0.25, -0.2) is 8.42 Å². The van der Waals surface area contributed by atoms with E-state index in [2.05, 4.69) is 9.71 Å². The van der Waals surface area contributed by atoms with E-state index >= 15 is 0 Å². The van der Waals surface area contributed by atoms with Gasteiger partial charge in [0.25, 0.3) is 10.0 Å². The van der Waals surface area contributed by atoms with Crippen LogP contribution in [0.5, 0.6) is 0 Å². The molecule has 0 aliphatic heterocycles. The topological polar surface area (TPSA) is 62.0 Å². The van der Waals surface area contributed by atoms with Gasteiger partial charge in [0.2, 0.25) is 0 Å². The first-order valence-corrected chi connectivity index (χ1v) is 7.90. The fourth-order valence-electron chi connectivity index (χ4n) is 2.24. The highest BCUT2D eigenvalue weighted by atomic mass is 32.2. The third-order valence-corrected chi connectivity index (χ3v) is 4.55. The number of benzene rings is 2. The van der Waals surface area contributed by atoms with Crippen LogP contribution in [-0.2, 0) is 10.0 Å². The quantitative estimate of drug-likeness (QED) is 0.727. The summed E-state index contributed by atoms with van der Waals surface area (Å²) in [5, 5.41) is 0.959. The summed E-state index contributed by atoms with van der Waals surface area (Å²) in [6.07, 6.45) is 0. The van der Waals surface area contributed by atoms with Crippen LogP contribution in [0.25, 0.3) is 10.9 Å². The number of H-pyrrole nitrogens is 1. The molecule has 0 aliphatic rings. The lowest BCUT2D eigenvalue weighted by Crippen LogP contribution is -2.15. The molecule has 0 unspecified atom stereocenters. The Labute approximate surface area is 124 Å². The summed E-state index contributed by atoms with van der Waals surface area (Å²) in [6, 6.07) is 13.5. The average Bonchev–Trinajstić information content (AvgIpc) is 2.77. The van der Waals surface area contributed by atoms with E-state index in [0.29, 0.717) is 11.2 Å². The normalized spacial score (nSPS) is 11.7. The molecule has 0 saturated heterocycles. The number of aryl methyl sites for hydroxylation is 1. The van der Waals surface area contributed by atoms with Crippen LogP contribution in [0.1, 0.15) is 5.69 Å². The first-order chi connectivity index (χ1) is 9.94. The number of hydrogen-bond donors (Lipinski definition) is 2. The van der Waals surface area contributed by atoms with Crippen molar-refractivity contribution < 1.29 is 8.42 Å². The van der Waals surface area contributed by atoms with Gasteiger partial charge >= 0.3 is 0 Å². The van der Waals surface area contributed by atoms with Gasteiger partial charge in [0.05, 0.1) is 4.90 Å². The number of aromatic amines is 1. The lowest BCUT2D eigenvalue weighted by molar-refractivity contribution is 0.601. The van der Waals surface area contributed by atoms with Gasteiger partial charge in [-0.15, -0.1) is 0 Å². The second-order valence-electron chi connectivity index (χ2n) is 4.93. The van der Waals surface area contributed by atoms with Crippen molar-refractivity contribution in [2.24, 2.45) is 0 Å². The van der Waals surface area contributed by atoms with Crippen molar-refractivity contribution in [1.29, 1.82) is 0 Å². The van der Waals surface area contributed by atoms with E-state index < -0.39 is 10.0 Å². The Balaban J connectivity index is 1.96. The number of fused-ring (bicyclic) bond motifs is 1. The summed E-state index contributed by atoms with van der Waals surface area (Å²) in [5.74, 6) is 0. The molecule has 0 saturated carbocycles. The minimum absolute atomic E-state index is 0.146.